The minimum atomic E-state index is -1.75. The van der Waals surface area contributed by atoms with Crippen LogP contribution < -0.4 is 4.90 Å². The van der Waals surface area contributed by atoms with Crippen LogP contribution in [0.3, 0.4) is 0 Å². The monoisotopic (exact) mass is 304 g/mol. The Balaban J connectivity index is 2.42. The zero-order chi connectivity index (χ0) is 15.1. The first-order chi connectivity index (χ1) is 9.25. The molecule has 9 heteroatoms. The van der Waals surface area contributed by atoms with Crippen LogP contribution in [0.25, 0.3) is 0 Å². The van der Waals surface area contributed by atoms with Crippen LogP contribution in [0.4, 0.5) is 15.0 Å². The quantitative estimate of drug-likeness (QED) is 0.914. The number of alkyl halides is 1. The van der Waals surface area contributed by atoms with Crippen LogP contribution in [0.15, 0.2) is 6.07 Å². The number of halogens is 2. The second kappa shape index (κ2) is 5.12. The van der Waals surface area contributed by atoms with Crippen molar-refractivity contribution in [2.45, 2.75) is 25.7 Å². The fraction of sp³-hybridized carbons (Fsp3) is 0.545. The van der Waals surface area contributed by atoms with Crippen LogP contribution in [0.2, 0.25) is 5.15 Å². The predicted octanol–water partition coefficient (Wildman–Crippen LogP) is 1.46. The van der Waals surface area contributed by atoms with Gasteiger partial charge in [-0.05, 0) is 19.9 Å². The molecule has 1 unspecified atom stereocenters. The summed E-state index contributed by atoms with van der Waals surface area (Å²) in [5.74, 6) is 0.00664. The molecule has 110 valence electrons. The molecule has 1 N–H and O–H groups in total. The summed E-state index contributed by atoms with van der Waals surface area (Å²) < 4.78 is 14.0. The number of carbonyl (C=O) groups is 1. The SMILES string of the molecule is CON1CC(O)N(c2cc(C(C)(C)F)c(Cl)nn2)C1=O. The summed E-state index contributed by atoms with van der Waals surface area (Å²) in [6, 6.07) is 0.675. The molecule has 1 saturated heterocycles. The van der Waals surface area contributed by atoms with E-state index in [1.165, 1.54) is 27.0 Å². The topological polar surface area (TPSA) is 78.8 Å². The molecule has 0 spiro atoms. The van der Waals surface area contributed by atoms with E-state index in [-0.39, 0.29) is 23.1 Å². The van der Waals surface area contributed by atoms with Crippen LogP contribution in [0.1, 0.15) is 19.4 Å². The summed E-state index contributed by atoms with van der Waals surface area (Å²) in [6.07, 6.45) is -1.16. The predicted molar refractivity (Wildman–Crippen MR) is 68.8 cm³/mol. The van der Waals surface area contributed by atoms with Crippen molar-refractivity contribution in [3.63, 3.8) is 0 Å². The molecule has 20 heavy (non-hydrogen) atoms. The third kappa shape index (κ3) is 2.54. The number of β-amino-alcohol motifs (C(OH)–C–C–N with tert-alkyl or cyclic N) is 1. The van der Waals surface area contributed by atoms with Gasteiger partial charge in [-0.15, -0.1) is 10.2 Å². The number of urea groups is 1. The van der Waals surface area contributed by atoms with E-state index in [1.807, 2.05) is 0 Å². The van der Waals surface area contributed by atoms with Gasteiger partial charge in [0.1, 0.15) is 5.67 Å². The molecule has 1 aliphatic heterocycles. The number of anilines is 1. The first-order valence-electron chi connectivity index (χ1n) is 5.81. The van der Waals surface area contributed by atoms with E-state index in [1.54, 1.807) is 0 Å². The molecule has 2 rings (SSSR count). The van der Waals surface area contributed by atoms with E-state index >= 15 is 0 Å². The molecule has 0 saturated carbocycles. The fourth-order valence-electron chi connectivity index (χ4n) is 1.86. The molecular weight excluding hydrogens is 291 g/mol. The van der Waals surface area contributed by atoms with E-state index in [4.69, 9.17) is 16.4 Å². The van der Waals surface area contributed by atoms with E-state index in [2.05, 4.69) is 10.2 Å². The Bertz CT molecular complexity index is 537. The highest BCUT2D eigenvalue weighted by Gasteiger charge is 2.39. The average molecular weight is 305 g/mol. The van der Waals surface area contributed by atoms with Crippen molar-refractivity contribution in [1.29, 1.82) is 0 Å². The number of hydrogen-bond acceptors (Lipinski definition) is 5. The second-order valence-electron chi connectivity index (χ2n) is 4.76. The Morgan fingerprint density at radius 2 is 2.20 bits per heavy atom. The summed E-state index contributed by atoms with van der Waals surface area (Å²) in [4.78, 5) is 17.7. The third-order valence-corrected chi connectivity index (χ3v) is 3.17. The molecule has 1 aromatic rings. The number of amides is 2. The van der Waals surface area contributed by atoms with Crippen molar-refractivity contribution < 1.29 is 19.1 Å². The van der Waals surface area contributed by atoms with Gasteiger partial charge in [-0.1, -0.05) is 11.6 Å². The number of nitrogens with zero attached hydrogens (tertiary/aromatic N) is 4. The number of aliphatic hydroxyl groups excluding tert-OH is 1. The maximum absolute atomic E-state index is 14.0. The van der Waals surface area contributed by atoms with Crippen molar-refractivity contribution in [2.75, 3.05) is 18.6 Å². The number of aromatic nitrogens is 2. The second-order valence-corrected chi connectivity index (χ2v) is 5.11. The molecule has 0 radical (unpaired) electrons. The first-order valence-corrected chi connectivity index (χ1v) is 6.19. The first kappa shape index (κ1) is 14.9. The van der Waals surface area contributed by atoms with Crippen LogP contribution in [0.5, 0.6) is 0 Å². The zero-order valence-electron chi connectivity index (χ0n) is 11.2. The summed E-state index contributed by atoms with van der Waals surface area (Å²) in [5.41, 5.74) is -1.67. The van der Waals surface area contributed by atoms with Gasteiger partial charge in [-0.2, -0.15) is 5.06 Å². The molecule has 1 aromatic heterocycles. The maximum Gasteiger partial charge on any atom is 0.352 e. The lowest BCUT2D eigenvalue weighted by Crippen LogP contribution is -2.35. The van der Waals surface area contributed by atoms with Crippen molar-refractivity contribution in [1.82, 2.24) is 15.3 Å². The van der Waals surface area contributed by atoms with Crippen LogP contribution in [0, 0.1) is 0 Å². The van der Waals surface area contributed by atoms with Gasteiger partial charge in [0, 0.05) is 5.56 Å². The Kier molecular flexibility index (Phi) is 3.81. The minimum Gasteiger partial charge on any atom is -0.371 e. The third-order valence-electron chi connectivity index (χ3n) is 2.89. The van der Waals surface area contributed by atoms with Gasteiger partial charge < -0.3 is 5.11 Å². The number of hydrogen-bond donors (Lipinski definition) is 1. The lowest BCUT2D eigenvalue weighted by atomic mass is 10.0. The van der Waals surface area contributed by atoms with Gasteiger partial charge in [0.2, 0.25) is 0 Å². The Morgan fingerprint density at radius 1 is 1.55 bits per heavy atom. The van der Waals surface area contributed by atoms with E-state index in [0.29, 0.717) is 0 Å². The normalized spacial score (nSPS) is 19.9. The van der Waals surface area contributed by atoms with E-state index in [0.717, 1.165) is 9.96 Å². The van der Waals surface area contributed by atoms with Gasteiger partial charge in [0.15, 0.2) is 17.2 Å². The summed E-state index contributed by atoms with van der Waals surface area (Å²) in [7, 11) is 1.30. The molecule has 1 atom stereocenters. The van der Waals surface area contributed by atoms with Crippen LogP contribution in [-0.2, 0) is 10.5 Å². The van der Waals surface area contributed by atoms with Crippen molar-refractivity contribution in [2.24, 2.45) is 0 Å². The minimum absolute atomic E-state index is 0.00664. The van der Waals surface area contributed by atoms with E-state index < -0.39 is 17.9 Å². The molecule has 2 heterocycles. The lowest BCUT2D eigenvalue weighted by Gasteiger charge is -2.21. The van der Waals surface area contributed by atoms with Crippen molar-refractivity contribution in [3.8, 4) is 0 Å². The molecule has 1 fully saturated rings. The van der Waals surface area contributed by atoms with Crippen molar-refractivity contribution >= 4 is 23.4 Å². The lowest BCUT2D eigenvalue weighted by molar-refractivity contribution is -0.0813. The number of aliphatic hydroxyl groups is 1. The van der Waals surface area contributed by atoms with Crippen LogP contribution >= 0.6 is 11.6 Å². The molecule has 1 aliphatic rings. The standard InChI is InChI=1S/C11H14ClFN4O3/c1-11(2,13)6-4-7(14-15-9(6)12)17-8(18)5-16(20-3)10(17)19/h4,8,18H,5H2,1-3H3. The largest absolute Gasteiger partial charge is 0.371 e. The molecule has 0 bridgehead atoms. The highest BCUT2D eigenvalue weighted by molar-refractivity contribution is 6.30. The highest BCUT2D eigenvalue weighted by Crippen LogP contribution is 2.32. The van der Waals surface area contributed by atoms with Gasteiger partial charge in [-0.25, -0.2) is 14.1 Å². The highest BCUT2D eigenvalue weighted by atomic mass is 35.5. The molecule has 0 aromatic carbocycles. The van der Waals surface area contributed by atoms with Gasteiger partial charge in [-0.3, -0.25) is 4.84 Å². The maximum atomic E-state index is 14.0. The number of hydroxylamine groups is 2. The summed E-state index contributed by atoms with van der Waals surface area (Å²) in [5, 5.41) is 18.1. The Labute approximate surface area is 119 Å². The summed E-state index contributed by atoms with van der Waals surface area (Å²) >= 11 is 5.80. The average Bonchev–Trinajstić information content (AvgIpc) is 2.64. The van der Waals surface area contributed by atoms with Crippen molar-refractivity contribution in [3.05, 3.63) is 16.8 Å². The zero-order valence-corrected chi connectivity index (χ0v) is 11.9. The fourth-order valence-corrected chi connectivity index (χ4v) is 2.18. The van der Waals surface area contributed by atoms with Crippen LogP contribution in [-0.4, -0.2) is 46.3 Å². The number of rotatable bonds is 3. The molecule has 0 aliphatic carbocycles. The Hall–Kier alpha value is -1.51. The van der Waals surface area contributed by atoms with Gasteiger partial charge in [0.25, 0.3) is 0 Å². The van der Waals surface area contributed by atoms with Gasteiger partial charge >= 0.3 is 6.03 Å². The number of carbonyl (C=O) groups excluding carboxylic acids is 1. The van der Waals surface area contributed by atoms with E-state index in [9.17, 15) is 14.3 Å². The summed E-state index contributed by atoms with van der Waals surface area (Å²) in [6.45, 7) is 2.57. The molecular formula is C11H14ClFN4O3. The Morgan fingerprint density at radius 3 is 2.70 bits per heavy atom. The van der Waals surface area contributed by atoms with Gasteiger partial charge in [0.05, 0.1) is 13.7 Å². The molecule has 7 nitrogen and oxygen atoms in total. The smallest absolute Gasteiger partial charge is 0.352 e. The molecule has 2 amide bonds.